The molecule has 0 aliphatic carbocycles. The Morgan fingerprint density at radius 3 is 2.50 bits per heavy atom. The van der Waals surface area contributed by atoms with Crippen LogP contribution >= 0.6 is 0 Å². The molecule has 1 saturated heterocycles. The molecule has 1 fully saturated rings. The van der Waals surface area contributed by atoms with Gasteiger partial charge in [-0.05, 0) is 44.8 Å². The summed E-state index contributed by atoms with van der Waals surface area (Å²) in [6.07, 6.45) is 6.60. The second-order valence-corrected chi connectivity index (χ2v) is 3.93. The van der Waals surface area contributed by atoms with Gasteiger partial charge in [0.05, 0.1) is 0 Å². The van der Waals surface area contributed by atoms with Crippen molar-refractivity contribution in [1.82, 2.24) is 4.90 Å². The SMILES string of the molecule is [CH2]CCC1CCN(CCC)CC1. The summed E-state index contributed by atoms with van der Waals surface area (Å²) in [4.78, 5) is 2.60. The number of piperidine rings is 1. The van der Waals surface area contributed by atoms with Gasteiger partial charge in [-0.3, -0.25) is 0 Å². The van der Waals surface area contributed by atoms with Crippen LogP contribution in [0.1, 0.15) is 39.0 Å². The smallest absolute Gasteiger partial charge is 0.00161 e. The summed E-state index contributed by atoms with van der Waals surface area (Å²) in [6, 6.07) is 0. The van der Waals surface area contributed by atoms with Gasteiger partial charge in [0.1, 0.15) is 0 Å². The van der Waals surface area contributed by atoms with Gasteiger partial charge in [-0.2, -0.15) is 0 Å². The minimum Gasteiger partial charge on any atom is -0.303 e. The molecule has 12 heavy (non-hydrogen) atoms. The summed E-state index contributed by atoms with van der Waals surface area (Å²) in [5.41, 5.74) is 0. The average molecular weight is 168 g/mol. The lowest BCUT2D eigenvalue weighted by Gasteiger charge is -2.31. The average Bonchev–Trinajstić information content (AvgIpc) is 2.09. The van der Waals surface area contributed by atoms with E-state index in [2.05, 4.69) is 18.7 Å². The highest BCUT2D eigenvalue weighted by Gasteiger charge is 2.16. The molecule has 0 aromatic heterocycles. The van der Waals surface area contributed by atoms with Crippen molar-refractivity contribution in [2.45, 2.75) is 39.0 Å². The standard InChI is InChI=1S/C11H22N/c1-3-5-11-6-9-12(8-4-2)10-7-11/h11H,1,3-10H2,2H3. The van der Waals surface area contributed by atoms with Gasteiger partial charge in [0, 0.05) is 0 Å². The maximum atomic E-state index is 3.92. The monoisotopic (exact) mass is 168 g/mol. The molecule has 0 atom stereocenters. The van der Waals surface area contributed by atoms with Crippen molar-refractivity contribution in [3.05, 3.63) is 6.92 Å². The van der Waals surface area contributed by atoms with Gasteiger partial charge in [-0.1, -0.05) is 26.7 Å². The summed E-state index contributed by atoms with van der Waals surface area (Å²) in [5.74, 6) is 0.982. The molecule has 1 heteroatoms. The van der Waals surface area contributed by atoms with Gasteiger partial charge in [0.2, 0.25) is 0 Å². The molecule has 0 N–H and O–H groups in total. The van der Waals surface area contributed by atoms with E-state index in [-0.39, 0.29) is 0 Å². The summed E-state index contributed by atoms with van der Waals surface area (Å²) >= 11 is 0. The lowest BCUT2D eigenvalue weighted by Crippen LogP contribution is -2.34. The fourth-order valence-electron chi connectivity index (χ4n) is 2.10. The zero-order valence-electron chi connectivity index (χ0n) is 8.39. The number of hydrogen-bond donors (Lipinski definition) is 0. The molecule has 0 bridgehead atoms. The molecule has 0 aromatic rings. The van der Waals surface area contributed by atoms with Crippen molar-refractivity contribution in [2.75, 3.05) is 19.6 Å². The van der Waals surface area contributed by atoms with E-state index in [1.165, 1.54) is 45.3 Å². The second-order valence-electron chi connectivity index (χ2n) is 3.93. The van der Waals surface area contributed by atoms with Crippen molar-refractivity contribution < 1.29 is 0 Å². The van der Waals surface area contributed by atoms with Gasteiger partial charge in [0.15, 0.2) is 0 Å². The van der Waals surface area contributed by atoms with Crippen LogP contribution in [-0.2, 0) is 0 Å². The minimum absolute atomic E-state index is 0.982. The van der Waals surface area contributed by atoms with E-state index in [4.69, 9.17) is 0 Å². The van der Waals surface area contributed by atoms with Crippen LogP contribution in [0, 0.1) is 12.8 Å². The van der Waals surface area contributed by atoms with Crippen LogP contribution in [0.2, 0.25) is 0 Å². The first-order valence-electron chi connectivity index (χ1n) is 5.38. The highest BCUT2D eigenvalue weighted by atomic mass is 15.1. The first kappa shape index (κ1) is 10.0. The van der Waals surface area contributed by atoms with Gasteiger partial charge in [-0.15, -0.1) is 0 Å². The van der Waals surface area contributed by atoms with E-state index in [0.29, 0.717) is 0 Å². The Balaban J connectivity index is 2.11. The van der Waals surface area contributed by atoms with Gasteiger partial charge in [0.25, 0.3) is 0 Å². The minimum atomic E-state index is 0.982. The predicted octanol–water partition coefficient (Wildman–Crippen LogP) is 2.72. The molecule has 1 radical (unpaired) electrons. The van der Waals surface area contributed by atoms with E-state index in [1.54, 1.807) is 0 Å². The largest absolute Gasteiger partial charge is 0.303 e. The summed E-state index contributed by atoms with van der Waals surface area (Å²) in [5, 5.41) is 0. The predicted molar refractivity (Wildman–Crippen MR) is 54.0 cm³/mol. The van der Waals surface area contributed by atoms with Crippen LogP contribution in [0.15, 0.2) is 0 Å². The molecule has 0 spiro atoms. The molecule has 0 aromatic carbocycles. The Bertz CT molecular complexity index is 89.6. The molecular weight excluding hydrogens is 146 g/mol. The molecule has 0 saturated carbocycles. The Hall–Kier alpha value is -0.0400. The third-order valence-corrected chi connectivity index (χ3v) is 2.86. The van der Waals surface area contributed by atoms with Crippen molar-refractivity contribution in [3.63, 3.8) is 0 Å². The molecule has 1 aliphatic rings. The fourth-order valence-corrected chi connectivity index (χ4v) is 2.10. The molecule has 1 nitrogen and oxygen atoms in total. The molecule has 1 heterocycles. The van der Waals surface area contributed by atoms with E-state index >= 15 is 0 Å². The Morgan fingerprint density at radius 2 is 2.00 bits per heavy atom. The van der Waals surface area contributed by atoms with Crippen LogP contribution < -0.4 is 0 Å². The van der Waals surface area contributed by atoms with Crippen molar-refractivity contribution in [2.24, 2.45) is 5.92 Å². The summed E-state index contributed by atoms with van der Waals surface area (Å²) in [7, 11) is 0. The van der Waals surface area contributed by atoms with Crippen molar-refractivity contribution >= 4 is 0 Å². The summed E-state index contributed by atoms with van der Waals surface area (Å²) < 4.78 is 0. The van der Waals surface area contributed by atoms with Gasteiger partial charge in [-0.25, -0.2) is 0 Å². The van der Waals surface area contributed by atoms with E-state index < -0.39 is 0 Å². The quantitative estimate of drug-likeness (QED) is 0.624. The third-order valence-electron chi connectivity index (χ3n) is 2.86. The first-order valence-corrected chi connectivity index (χ1v) is 5.38. The second kappa shape index (κ2) is 5.58. The maximum absolute atomic E-state index is 3.92. The fraction of sp³-hybridized carbons (Fsp3) is 0.909. The van der Waals surface area contributed by atoms with Crippen LogP contribution in [0.25, 0.3) is 0 Å². The van der Waals surface area contributed by atoms with E-state index in [9.17, 15) is 0 Å². The van der Waals surface area contributed by atoms with Crippen LogP contribution in [0.5, 0.6) is 0 Å². The maximum Gasteiger partial charge on any atom is -0.00161 e. The van der Waals surface area contributed by atoms with Crippen LogP contribution in [0.3, 0.4) is 0 Å². The molecule has 0 unspecified atom stereocenters. The highest BCUT2D eigenvalue weighted by Crippen LogP contribution is 2.21. The highest BCUT2D eigenvalue weighted by molar-refractivity contribution is 4.72. The van der Waals surface area contributed by atoms with Crippen LogP contribution in [-0.4, -0.2) is 24.5 Å². The number of likely N-dealkylation sites (tertiary alicyclic amines) is 1. The lowest BCUT2D eigenvalue weighted by molar-refractivity contribution is 0.180. The van der Waals surface area contributed by atoms with Crippen molar-refractivity contribution in [1.29, 1.82) is 0 Å². The number of nitrogens with zero attached hydrogens (tertiary/aromatic N) is 1. The molecule has 1 aliphatic heterocycles. The normalized spacial score (nSPS) is 21.5. The number of hydrogen-bond acceptors (Lipinski definition) is 1. The molecule has 1 rings (SSSR count). The molecule has 0 amide bonds. The zero-order valence-corrected chi connectivity index (χ0v) is 8.39. The Kier molecular flexibility index (Phi) is 4.67. The van der Waals surface area contributed by atoms with E-state index in [0.717, 1.165) is 12.3 Å². The summed E-state index contributed by atoms with van der Waals surface area (Å²) in [6.45, 7) is 10.2. The first-order chi connectivity index (χ1) is 5.86. The van der Waals surface area contributed by atoms with Gasteiger partial charge < -0.3 is 4.90 Å². The zero-order chi connectivity index (χ0) is 8.81. The Labute approximate surface area is 77.1 Å². The molecule has 71 valence electrons. The van der Waals surface area contributed by atoms with Crippen LogP contribution in [0.4, 0.5) is 0 Å². The Morgan fingerprint density at radius 1 is 1.33 bits per heavy atom. The van der Waals surface area contributed by atoms with Gasteiger partial charge >= 0.3 is 0 Å². The van der Waals surface area contributed by atoms with Crippen molar-refractivity contribution in [3.8, 4) is 0 Å². The number of rotatable bonds is 4. The third kappa shape index (κ3) is 3.14. The molecular formula is C11H22N. The lowest BCUT2D eigenvalue weighted by atomic mass is 9.92. The topological polar surface area (TPSA) is 3.24 Å². The van der Waals surface area contributed by atoms with E-state index in [1.807, 2.05) is 0 Å².